The van der Waals surface area contributed by atoms with Gasteiger partial charge in [0.15, 0.2) is 0 Å². The van der Waals surface area contributed by atoms with Crippen molar-refractivity contribution in [2.24, 2.45) is 5.92 Å². The highest BCUT2D eigenvalue weighted by Gasteiger charge is 2.13. The average molecular weight is 208 g/mol. The minimum Gasteiger partial charge on any atom is -0.355 e. The number of piperidine rings is 1. The van der Waals surface area contributed by atoms with Crippen LogP contribution in [-0.2, 0) is 4.79 Å². The molecule has 1 heterocycles. The summed E-state index contributed by atoms with van der Waals surface area (Å²) in [6.07, 6.45) is 9.80. The van der Waals surface area contributed by atoms with E-state index in [-0.39, 0.29) is 5.91 Å². The van der Waals surface area contributed by atoms with Crippen LogP contribution in [0.15, 0.2) is 0 Å². The summed E-state index contributed by atoms with van der Waals surface area (Å²) in [6.45, 7) is 2.81. The smallest absolute Gasteiger partial charge is 0.220 e. The van der Waals surface area contributed by atoms with Gasteiger partial charge in [0.1, 0.15) is 0 Å². The molecule has 0 radical (unpaired) electrons. The second-order valence-electron chi connectivity index (χ2n) is 4.04. The Labute approximate surface area is 92.0 Å². The monoisotopic (exact) mass is 208 g/mol. The van der Waals surface area contributed by atoms with Gasteiger partial charge in [0, 0.05) is 19.4 Å². The van der Waals surface area contributed by atoms with Crippen molar-refractivity contribution in [1.29, 1.82) is 0 Å². The maximum atomic E-state index is 11.4. The van der Waals surface area contributed by atoms with Crippen molar-refractivity contribution in [2.45, 2.75) is 32.1 Å². The third kappa shape index (κ3) is 5.44. The summed E-state index contributed by atoms with van der Waals surface area (Å²) >= 11 is 0. The van der Waals surface area contributed by atoms with Crippen LogP contribution < -0.4 is 10.6 Å². The highest BCUT2D eigenvalue weighted by atomic mass is 16.1. The molecule has 15 heavy (non-hydrogen) atoms. The Balaban J connectivity index is 2.03. The summed E-state index contributed by atoms with van der Waals surface area (Å²) in [5.41, 5.74) is 0. The molecular formula is C12H20N2O. The van der Waals surface area contributed by atoms with E-state index in [4.69, 9.17) is 6.42 Å². The lowest BCUT2D eigenvalue weighted by Crippen LogP contribution is -2.29. The fourth-order valence-corrected chi connectivity index (χ4v) is 1.87. The Morgan fingerprint density at radius 1 is 1.47 bits per heavy atom. The first kappa shape index (κ1) is 12.1. The van der Waals surface area contributed by atoms with Crippen LogP contribution in [-0.4, -0.2) is 25.5 Å². The number of nitrogens with one attached hydrogen (secondary N) is 2. The highest BCUT2D eigenvalue weighted by Crippen LogP contribution is 2.17. The Bertz CT molecular complexity index is 226. The van der Waals surface area contributed by atoms with Gasteiger partial charge in [-0.15, -0.1) is 12.3 Å². The fraction of sp³-hybridized carbons (Fsp3) is 0.750. The van der Waals surface area contributed by atoms with E-state index in [1.807, 2.05) is 0 Å². The van der Waals surface area contributed by atoms with E-state index in [0.717, 1.165) is 25.4 Å². The molecule has 84 valence electrons. The highest BCUT2D eigenvalue weighted by molar-refractivity contribution is 5.75. The molecule has 0 aromatic rings. The molecule has 0 aliphatic carbocycles. The molecule has 1 rings (SSSR count). The van der Waals surface area contributed by atoms with E-state index in [1.54, 1.807) is 0 Å². The maximum absolute atomic E-state index is 11.4. The zero-order valence-corrected chi connectivity index (χ0v) is 9.22. The van der Waals surface area contributed by atoms with Gasteiger partial charge in [0.05, 0.1) is 0 Å². The molecular weight excluding hydrogens is 188 g/mol. The molecule has 1 saturated heterocycles. The number of terminal acetylenes is 1. The van der Waals surface area contributed by atoms with Crippen LogP contribution in [0.1, 0.15) is 32.1 Å². The van der Waals surface area contributed by atoms with Gasteiger partial charge < -0.3 is 10.6 Å². The van der Waals surface area contributed by atoms with Crippen molar-refractivity contribution in [3.63, 3.8) is 0 Å². The van der Waals surface area contributed by atoms with Crippen molar-refractivity contribution in [2.75, 3.05) is 19.6 Å². The van der Waals surface area contributed by atoms with Crippen LogP contribution in [0.5, 0.6) is 0 Å². The average Bonchev–Trinajstić information content (AvgIpc) is 2.28. The topological polar surface area (TPSA) is 41.1 Å². The van der Waals surface area contributed by atoms with Crippen LogP contribution in [0, 0.1) is 18.3 Å². The summed E-state index contributed by atoms with van der Waals surface area (Å²) in [5, 5.41) is 6.15. The molecule has 1 aliphatic rings. The number of rotatable bonds is 5. The summed E-state index contributed by atoms with van der Waals surface area (Å²) in [4.78, 5) is 11.4. The number of carbonyl (C=O) groups excluding carboxylic acids is 1. The number of hydrogen-bond donors (Lipinski definition) is 2. The molecule has 0 bridgehead atoms. The maximum Gasteiger partial charge on any atom is 0.220 e. The molecule has 1 aliphatic heterocycles. The first-order valence-corrected chi connectivity index (χ1v) is 5.74. The molecule has 0 aromatic heterocycles. The third-order valence-electron chi connectivity index (χ3n) is 2.83. The van der Waals surface area contributed by atoms with Crippen LogP contribution in [0.4, 0.5) is 0 Å². The Hall–Kier alpha value is -1.01. The predicted octanol–water partition coefficient (Wildman–Crippen LogP) is 0.906. The molecule has 0 saturated carbocycles. The summed E-state index contributed by atoms with van der Waals surface area (Å²) in [6, 6.07) is 0. The van der Waals surface area contributed by atoms with Crippen molar-refractivity contribution in [1.82, 2.24) is 10.6 Å². The molecule has 2 N–H and O–H groups in total. The Kier molecular flexibility index (Phi) is 5.87. The van der Waals surface area contributed by atoms with E-state index in [1.165, 1.54) is 12.8 Å². The molecule has 0 atom stereocenters. The van der Waals surface area contributed by atoms with Crippen molar-refractivity contribution in [3.8, 4) is 12.3 Å². The normalized spacial score (nSPS) is 17.0. The second kappa shape index (κ2) is 7.30. The summed E-state index contributed by atoms with van der Waals surface area (Å²) in [5.74, 6) is 3.37. The lowest BCUT2D eigenvalue weighted by molar-refractivity contribution is -0.121. The van der Waals surface area contributed by atoms with Crippen LogP contribution in [0.2, 0.25) is 0 Å². The zero-order chi connectivity index (χ0) is 10.9. The quantitative estimate of drug-likeness (QED) is 0.521. The lowest BCUT2D eigenvalue weighted by atomic mass is 9.93. The summed E-state index contributed by atoms with van der Waals surface area (Å²) < 4.78 is 0. The van der Waals surface area contributed by atoms with Gasteiger partial charge in [0.25, 0.3) is 0 Å². The standard InChI is InChI=1S/C12H20N2O/c1-2-3-8-14-12(15)5-4-11-6-9-13-10-7-11/h1,11,13H,3-10H2,(H,14,15). The van der Waals surface area contributed by atoms with Gasteiger partial charge in [-0.1, -0.05) is 0 Å². The van der Waals surface area contributed by atoms with Gasteiger partial charge in [-0.05, 0) is 38.3 Å². The van der Waals surface area contributed by atoms with Crippen LogP contribution in [0.3, 0.4) is 0 Å². The van der Waals surface area contributed by atoms with Gasteiger partial charge in [-0.25, -0.2) is 0 Å². The molecule has 3 heteroatoms. The van der Waals surface area contributed by atoms with Crippen molar-refractivity contribution >= 4 is 5.91 Å². The van der Waals surface area contributed by atoms with Crippen molar-refractivity contribution < 1.29 is 4.79 Å². The van der Waals surface area contributed by atoms with Gasteiger partial charge in [-0.3, -0.25) is 4.79 Å². The second-order valence-corrected chi connectivity index (χ2v) is 4.04. The van der Waals surface area contributed by atoms with E-state index in [9.17, 15) is 4.79 Å². The van der Waals surface area contributed by atoms with Gasteiger partial charge >= 0.3 is 0 Å². The summed E-state index contributed by atoms with van der Waals surface area (Å²) in [7, 11) is 0. The number of amides is 1. The molecule has 0 aromatic carbocycles. The van der Waals surface area contributed by atoms with E-state index in [2.05, 4.69) is 16.6 Å². The van der Waals surface area contributed by atoms with Crippen LogP contribution in [0.25, 0.3) is 0 Å². The molecule has 0 unspecified atom stereocenters. The molecule has 3 nitrogen and oxygen atoms in total. The van der Waals surface area contributed by atoms with Gasteiger partial charge in [-0.2, -0.15) is 0 Å². The first-order valence-electron chi connectivity index (χ1n) is 5.74. The van der Waals surface area contributed by atoms with E-state index < -0.39 is 0 Å². The molecule has 1 amide bonds. The lowest BCUT2D eigenvalue weighted by Gasteiger charge is -2.22. The first-order chi connectivity index (χ1) is 7.33. The van der Waals surface area contributed by atoms with E-state index in [0.29, 0.717) is 19.4 Å². The fourth-order valence-electron chi connectivity index (χ4n) is 1.87. The minimum absolute atomic E-state index is 0.142. The van der Waals surface area contributed by atoms with Crippen LogP contribution >= 0.6 is 0 Å². The number of hydrogen-bond acceptors (Lipinski definition) is 2. The van der Waals surface area contributed by atoms with Gasteiger partial charge in [0.2, 0.25) is 5.91 Å². The molecule has 1 fully saturated rings. The Morgan fingerprint density at radius 3 is 2.87 bits per heavy atom. The third-order valence-corrected chi connectivity index (χ3v) is 2.83. The largest absolute Gasteiger partial charge is 0.355 e. The Morgan fingerprint density at radius 2 is 2.20 bits per heavy atom. The minimum atomic E-state index is 0.142. The zero-order valence-electron chi connectivity index (χ0n) is 9.22. The number of carbonyl (C=O) groups is 1. The molecule has 0 spiro atoms. The predicted molar refractivity (Wildman–Crippen MR) is 61.3 cm³/mol. The SMILES string of the molecule is C#CCCNC(=O)CCC1CCNCC1. The van der Waals surface area contributed by atoms with Crippen molar-refractivity contribution in [3.05, 3.63) is 0 Å². The van der Waals surface area contributed by atoms with E-state index >= 15 is 0 Å².